The number of aryl methyl sites for hydroxylation is 1. The van der Waals surface area contributed by atoms with Gasteiger partial charge in [0.25, 0.3) is 0 Å². The molecule has 0 fully saturated rings. The fourth-order valence-electron chi connectivity index (χ4n) is 1.65. The van der Waals surface area contributed by atoms with Crippen molar-refractivity contribution < 1.29 is 0 Å². The van der Waals surface area contributed by atoms with Crippen LogP contribution in [0, 0.1) is 6.92 Å². The Morgan fingerprint density at radius 2 is 2.00 bits per heavy atom. The van der Waals surface area contributed by atoms with Crippen LogP contribution in [0.2, 0.25) is 0 Å². The monoisotopic (exact) mass is 266 g/mol. The van der Waals surface area contributed by atoms with Gasteiger partial charge in [0.2, 0.25) is 0 Å². The largest absolute Gasteiger partial charge is 0.294 e. The molecule has 15 heavy (non-hydrogen) atoms. The standard InChI is InChI=1S/C12H15BrN2/c1-8-6-5-7-15-10(13)9(12(2,3)4)14-11(8)15/h5-7H,1-4H3. The van der Waals surface area contributed by atoms with Crippen molar-refractivity contribution in [1.82, 2.24) is 9.38 Å². The van der Waals surface area contributed by atoms with Gasteiger partial charge in [-0.25, -0.2) is 4.98 Å². The molecule has 0 N–H and O–H groups in total. The van der Waals surface area contributed by atoms with Gasteiger partial charge in [-0.1, -0.05) is 26.8 Å². The lowest BCUT2D eigenvalue weighted by Gasteiger charge is -2.15. The summed E-state index contributed by atoms with van der Waals surface area (Å²) in [5, 5.41) is 0. The molecular weight excluding hydrogens is 252 g/mol. The minimum absolute atomic E-state index is 0.0668. The Balaban J connectivity index is 2.81. The van der Waals surface area contributed by atoms with Crippen LogP contribution in [-0.4, -0.2) is 9.38 Å². The Bertz CT molecular complexity index is 506. The quantitative estimate of drug-likeness (QED) is 0.711. The predicted octanol–water partition coefficient (Wildman–Crippen LogP) is 3.70. The van der Waals surface area contributed by atoms with E-state index in [1.807, 2.05) is 12.3 Å². The highest BCUT2D eigenvalue weighted by Crippen LogP contribution is 2.30. The second-order valence-electron chi connectivity index (χ2n) is 4.89. The lowest BCUT2D eigenvalue weighted by atomic mass is 9.93. The molecular formula is C12H15BrN2. The minimum Gasteiger partial charge on any atom is -0.294 e. The molecule has 0 spiro atoms. The smallest absolute Gasteiger partial charge is 0.140 e. The van der Waals surface area contributed by atoms with E-state index in [9.17, 15) is 0 Å². The molecule has 2 nitrogen and oxygen atoms in total. The maximum atomic E-state index is 4.70. The highest BCUT2D eigenvalue weighted by atomic mass is 79.9. The molecule has 2 heterocycles. The van der Waals surface area contributed by atoms with E-state index in [0.717, 1.165) is 15.9 Å². The van der Waals surface area contributed by atoms with Gasteiger partial charge in [0.1, 0.15) is 10.3 Å². The molecule has 0 unspecified atom stereocenters. The molecule has 0 amide bonds. The first-order chi connectivity index (χ1) is 6.91. The number of aromatic nitrogens is 2. The van der Waals surface area contributed by atoms with Gasteiger partial charge in [-0.05, 0) is 34.5 Å². The van der Waals surface area contributed by atoms with Crippen LogP contribution in [0.15, 0.2) is 22.9 Å². The van der Waals surface area contributed by atoms with Crippen molar-refractivity contribution in [3.8, 4) is 0 Å². The first-order valence-corrected chi connectivity index (χ1v) is 5.84. The van der Waals surface area contributed by atoms with Gasteiger partial charge in [-0.2, -0.15) is 0 Å². The number of rotatable bonds is 0. The molecule has 0 aromatic carbocycles. The van der Waals surface area contributed by atoms with E-state index in [2.05, 4.69) is 54.1 Å². The highest BCUT2D eigenvalue weighted by molar-refractivity contribution is 9.10. The van der Waals surface area contributed by atoms with Crippen molar-refractivity contribution >= 4 is 21.6 Å². The molecule has 2 aromatic rings. The van der Waals surface area contributed by atoms with Gasteiger partial charge in [-0.3, -0.25) is 4.40 Å². The molecule has 0 aliphatic carbocycles. The van der Waals surface area contributed by atoms with Crippen LogP contribution in [0.5, 0.6) is 0 Å². The van der Waals surface area contributed by atoms with E-state index in [-0.39, 0.29) is 5.41 Å². The Morgan fingerprint density at radius 3 is 2.53 bits per heavy atom. The summed E-state index contributed by atoms with van der Waals surface area (Å²) >= 11 is 3.62. The van der Waals surface area contributed by atoms with Crippen LogP contribution < -0.4 is 0 Å². The first kappa shape index (κ1) is 10.7. The number of imidazole rings is 1. The number of nitrogens with zero attached hydrogens (tertiary/aromatic N) is 2. The number of hydrogen-bond acceptors (Lipinski definition) is 1. The maximum Gasteiger partial charge on any atom is 0.140 e. The van der Waals surface area contributed by atoms with Crippen LogP contribution in [0.4, 0.5) is 0 Å². The summed E-state index contributed by atoms with van der Waals surface area (Å²) in [5.74, 6) is 0. The van der Waals surface area contributed by atoms with Gasteiger partial charge in [-0.15, -0.1) is 0 Å². The zero-order valence-electron chi connectivity index (χ0n) is 9.50. The van der Waals surface area contributed by atoms with Crippen LogP contribution in [0.3, 0.4) is 0 Å². The first-order valence-electron chi connectivity index (χ1n) is 5.05. The van der Waals surface area contributed by atoms with Crippen LogP contribution in [0.25, 0.3) is 5.65 Å². The van der Waals surface area contributed by atoms with Gasteiger partial charge >= 0.3 is 0 Å². The lowest BCUT2D eigenvalue weighted by Crippen LogP contribution is -2.12. The number of hydrogen-bond donors (Lipinski definition) is 0. The second-order valence-corrected chi connectivity index (χ2v) is 5.64. The third-order valence-electron chi connectivity index (χ3n) is 2.50. The lowest BCUT2D eigenvalue weighted by molar-refractivity contribution is 0.569. The number of pyridine rings is 1. The molecule has 0 aliphatic heterocycles. The normalized spacial score (nSPS) is 12.3. The van der Waals surface area contributed by atoms with Crippen molar-refractivity contribution in [2.45, 2.75) is 33.1 Å². The maximum absolute atomic E-state index is 4.70. The zero-order chi connectivity index (χ0) is 11.2. The third kappa shape index (κ3) is 1.69. The highest BCUT2D eigenvalue weighted by Gasteiger charge is 2.22. The predicted molar refractivity (Wildman–Crippen MR) is 66.3 cm³/mol. The number of fused-ring (bicyclic) bond motifs is 1. The van der Waals surface area contributed by atoms with E-state index in [4.69, 9.17) is 4.98 Å². The summed E-state index contributed by atoms with van der Waals surface area (Å²) < 4.78 is 3.16. The van der Waals surface area contributed by atoms with Crippen LogP contribution in [0.1, 0.15) is 32.0 Å². The minimum atomic E-state index is 0.0668. The average Bonchev–Trinajstić information content (AvgIpc) is 2.45. The second kappa shape index (κ2) is 3.34. The molecule has 0 atom stereocenters. The average molecular weight is 267 g/mol. The SMILES string of the molecule is Cc1cccn2c(Br)c(C(C)(C)C)nc12. The molecule has 0 bridgehead atoms. The summed E-state index contributed by atoms with van der Waals surface area (Å²) in [7, 11) is 0. The van der Waals surface area contributed by atoms with E-state index < -0.39 is 0 Å². The topological polar surface area (TPSA) is 17.3 Å². The molecule has 0 saturated heterocycles. The summed E-state index contributed by atoms with van der Waals surface area (Å²) in [4.78, 5) is 4.70. The van der Waals surface area contributed by atoms with Gasteiger partial charge in [0.15, 0.2) is 0 Å². The third-order valence-corrected chi connectivity index (χ3v) is 3.25. The Kier molecular flexibility index (Phi) is 2.38. The van der Waals surface area contributed by atoms with E-state index >= 15 is 0 Å². The fourth-order valence-corrected chi connectivity index (χ4v) is 2.62. The van der Waals surface area contributed by atoms with Gasteiger partial charge < -0.3 is 0 Å². The summed E-state index contributed by atoms with van der Waals surface area (Å²) in [6, 6.07) is 4.13. The zero-order valence-corrected chi connectivity index (χ0v) is 11.1. The molecule has 0 aliphatic rings. The molecule has 2 aromatic heterocycles. The van der Waals surface area contributed by atoms with Crippen molar-refractivity contribution in [3.63, 3.8) is 0 Å². The summed E-state index contributed by atoms with van der Waals surface area (Å²) in [6.45, 7) is 8.61. The Morgan fingerprint density at radius 1 is 1.33 bits per heavy atom. The Labute approximate surface area is 98.5 Å². The van der Waals surface area contributed by atoms with Crippen molar-refractivity contribution in [2.75, 3.05) is 0 Å². The molecule has 80 valence electrons. The fraction of sp³-hybridized carbons (Fsp3) is 0.417. The van der Waals surface area contributed by atoms with Crippen LogP contribution in [-0.2, 0) is 5.41 Å². The van der Waals surface area contributed by atoms with Crippen molar-refractivity contribution in [2.24, 2.45) is 0 Å². The molecule has 0 saturated carbocycles. The van der Waals surface area contributed by atoms with E-state index in [1.54, 1.807) is 0 Å². The summed E-state index contributed by atoms with van der Waals surface area (Å²) in [5.41, 5.74) is 3.41. The Hall–Kier alpha value is -0.830. The van der Waals surface area contributed by atoms with E-state index in [0.29, 0.717) is 0 Å². The molecule has 0 radical (unpaired) electrons. The van der Waals surface area contributed by atoms with Gasteiger partial charge in [0, 0.05) is 11.6 Å². The van der Waals surface area contributed by atoms with Gasteiger partial charge in [0.05, 0.1) is 5.69 Å². The summed E-state index contributed by atoms with van der Waals surface area (Å²) in [6.07, 6.45) is 2.04. The van der Waals surface area contributed by atoms with Crippen molar-refractivity contribution in [3.05, 3.63) is 34.2 Å². The molecule has 2 rings (SSSR count). The van der Waals surface area contributed by atoms with Crippen molar-refractivity contribution in [1.29, 1.82) is 0 Å². The van der Waals surface area contributed by atoms with E-state index in [1.165, 1.54) is 5.56 Å². The number of halogens is 1. The van der Waals surface area contributed by atoms with Crippen LogP contribution >= 0.6 is 15.9 Å². The molecule has 3 heteroatoms.